The van der Waals surface area contributed by atoms with E-state index in [-0.39, 0.29) is 40.9 Å². The third-order valence-electron chi connectivity index (χ3n) is 8.74. The van der Waals surface area contributed by atoms with Gasteiger partial charge < -0.3 is 40.1 Å². The van der Waals surface area contributed by atoms with Gasteiger partial charge in [0.2, 0.25) is 6.29 Å². The molecule has 11 unspecified atom stereocenters. The molecule has 11 atom stereocenters. The van der Waals surface area contributed by atoms with Crippen LogP contribution in [0.5, 0.6) is 5.75 Å². The first-order valence-corrected chi connectivity index (χ1v) is 11.7. The van der Waals surface area contributed by atoms with Crippen LogP contribution in [0.4, 0.5) is 0 Å². The standard InChI is InChI=1S/C24H32O9.Na/c1-24-7-6-13-12-5-3-11(32-23-19(28)17(26)18(27)20(33-23)22(30)31)8-10(12)2-4-14(13)15(24)9-16(25)21(24)29;/h3,5,8,13-21,23,25-29H,2,4,6-7,9H2,1H3,(H,30,31);. The number of carboxylic acids is 1. The maximum Gasteiger partial charge on any atom is 0.335 e. The number of hydrogen-bond donors (Lipinski definition) is 6. The van der Waals surface area contributed by atoms with Crippen molar-refractivity contribution < 1.29 is 44.9 Å². The number of rotatable bonds is 3. The van der Waals surface area contributed by atoms with Gasteiger partial charge in [-0.05, 0) is 78.5 Å². The fraction of sp³-hybridized carbons (Fsp3) is 0.708. The van der Waals surface area contributed by atoms with Crippen molar-refractivity contribution in [2.75, 3.05) is 0 Å². The van der Waals surface area contributed by atoms with Crippen LogP contribution in [0.3, 0.4) is 0 Å². The summed E-state index contributed by atoms with van der Waals surface area (Å²) in [7, 11) is 0. The van der Waals surface area contributed by atoms with Crippen molar-refractivity contribution in [3.8, 4) is 5.75 Å². The number of aliphatic carboxylic acids is 1. The molecule has 6 N–H and O–H groups in total. The van der Waals surface area contributed by atoms with Crippen molar-refractivity contribution >= 4 is 35.5 Å². The largest absolute Gasteiger partial charge is 0.479 e. The van der Waals surface area contributed by atoms with E-state index in [0.717, 1.165) is 31.2 Å². The van der Waals surface area contributed by atoms with Gasteiger partial charge in [-0.3, -0.25) is 0 Å². The first kappa shape index (κ1) is 26.3. The SMILES string of the molecule is CC12CCC3c4ccc(OC5OC(C(=O)O)C(O)C(O)C5O)cc4CCC3C1CC(O)C2O.[Na]. The van der Waals surface area contributed by atoms with Crippen molar-refractivity contribution in [3.63, 3.8) is 0 Å². The second kappa shape index (κ2) is 9.61. The smallest absolute Gasteiger partial charge is 0.335 e. The molecule has 34 heavy (non-hydrogen) atoms. The minimum atomic E-state index is -1.76. The molecule has 3 fully saturated rings. The van der Waals surface area contributed by atoms with Crippen molar-refractivity contribution in [1.29, 1.82) is 0 Å². The number of aryl methyl sites for hydroxylation is 1. The van der Waals surface area contributed by atoms with Crippen molar-refractivity contribution in [3.05, 3.63) is 29.3 Å². The summed E-state index contributed by atoms with van der Waals surface area (Å²) < 4.78 is 10.9. The van der Waals surface area contributed by atoms with Gasteiger partial charge in [-0.25, -0.2) is 4.79 Å². The molecule has 3 aliphatic carbocycles. The summed E-state index contributed by atoms with van der Waals surface area (Å²) in [6, 6.07) is 5.60. The number of ether oxygens (including phenoxy) is 2. The summed E-state index contributed by atoms with van der Waals surface area (Å²) in [6.07, 6.45) is -5.40. The van der Waals surface area contributed by atoms with E-state index in [4.69, 9.17) is 9.47 Å². The Morgan fingerprint density at radius 2 is 1.82 bits per heavy atom. The first-order chi connectivity index (χ1) is 15.6. The number of hydrogen-bond acceptors (Lipinski definition) is 8. The van der Waals surface area contributed by atoms with Crippen LogP contribution < -0.4 is 4.74 Å². The molecule has 5 rings (SSSR count). The summed E-state index contributed by atoms with van der Waals surface area (Å²) in [6.45, 7) is 2.10. The Hall–Kier alpha value is -0.750. The fourth-order valence-electron chi connectivity index (χ4n) is 6.90. The molecule has 1 aromatic carbocycles. The zero-order valence-corrected chi connectivity index (χ0v) is 21.4. The second-order valence-corrected chi connectivity index (χ2v) is 10.4. The molecule has 0 spiro atoms. The summed E-state index contributed by atoms with van der Waals surface area (Å²) in [5, 5.41) is 60.2. The van der Waals surface area contributed by atoms with E-state index in [9.17, 15) is 35.4 Å². The first-order valence-electron chi connectivity index (χ1n) is 11.7. The molecule has 183 valence electrons. The molecule has 1 aromatic rings. The van der Waals surface area contributed by atoms with Crippen LogP contribution in [-0.4, -0.2) is 109 Å². The molecule has 2 saturated carbocycles. The van der Waals surface area contributed by atoms with Gasteiger partial charge in [0.15, 0.2) is 6.10 Å². The van der Waals surface area contributed by atoms with Crippen LogP contribution >= 0.6 is 0 Å². The number of carboxylic acid groups (broad SMARTS) is 1. The molecule has 10 heteroatoms. The van der Waals surface area contributed by atoms with E-state index < -0.39 is 48.9 Å². The van der Waals surface area contributed by atoms with Crippen molar-refractivity contribution in [2.24, 2.45) is 17.3 Å². The molecule has 0 bridgehead atoms. The van der Waals surface area contributed by atoms with Crippen molar-refractivity contribution in [1.82, 2.24) is 0 Å². The number of carbonyl (C=O) groups is 1. The molecule has 1 radical (unpaired) electrons. The van der Waals surface area contributed by atoms with Gasteiger partial charge in [0, 0.05) is 29.6 Å². The molecule has 0 amide bonds. The molecule has 4 aliphatic rings. The summed E-state index contributed by atoms with van der Waals surface area (Å²) in [4.78, 5) is 11.3. The Labute approximate surface area is 220 Å². The summed E-state index contributed by atoms with van der Waals surface area (Å²) in [5.74, 6) is -0.0622. The van der Waals surface area contributed by atoms with E-state index >= 15 is 0 Å². The van der Waals surface area contributed by atoms with Crippen LogP contribution in [0.1, 0.15) is 49.7 Å². The minimum Gasteiger partial charge on any atom is -0.479 e. The quantitative estimate of drug-likeness (QED) is 0.317. The van der Waals surface area contributed by atoms with E-state index in [1.54, 1.807) is 6.07 Å². The van der Waals surface area contributed by atoms with Crippen LogP contribution in [0.2, 0.25) is 0 Å². The maximum absolute atomic E-state index is 11.3. The molecule has 1 saturated heterocycles. The number of benzene rings is 1. The Morgan fingerprint density at radius 1 is 1.09 bits per heavy atom. The third-order valence-corrected chi connectivity index (χ3v) is 8.74. The van der Waals surface area contributed by atoms with E-state index in [1.165, 1.54) is 5.56 Å². The Bertz CT molecular complexity index is 928. The molecular formula is C24H32NaO9. The Morgan fingerprint density at radius 3 is 2.53 bits per heavy atom. The molecule has 9 nitrogen and oxygen atoms in total. The molecule has 0 aromatic heterocycles. The Balaban J connectivity index is 0.00000274. The van der Waals surface area contributed by atoms with Crippen LogP contribution in [0.15, 0.2) is 18.2 Å². The Kier molecular flexibility index (Phi) is 7.44. The average molecular weight is 488 g/mol. The van der Waals surface area contributed by atoms with Crippen LogP contribution in [-0.2, 0) is 16.0 Å². The van der Waals surface area contributed by atoms with E-state index in [0.29, 0.717) is 24.0 Å². The predicted molar refractivity (Wildman–Crippen MR) is 119 cm³/mol. The van der Waals surface area contributed by atoms with E-state index in [1.807, 2.05) is 12.1 Å². The monoisotopic (exact) mass is 487 g/mol. The zero-order chi connectivity index (χ0) is 23.7. The summed E-state index contributed by atoms with van der Waals surface area (Å²) >= 11 is 0. The molecule has 1 heterocycles. The van der Waals surface area contributed by atoms with Gasteiger partial charge in [0.1, 0.15) is 24.1 Å². The second-order valence-electron chi connectivity index (χ2n) is 10.4. The normalized spacial score (nSPS) is 45.4. The number of fused-ring (bicyclic) bond motifs is 5. The third kappa shape index (κ3) is 4.13. The van der Waals surface area contributed by atoms with Gasteiger partial charge >= 0.3 is 5.97 Å². The minimum absolute atomic E-state index is 0. The van der Waals surface area contributed by atoms with Crippen LogP contribution in [0.25, 0.3) is 0 Å². The van der Waals surface area contributed by atoms with Gasteiger partial charge in [-0.15, -0.1) is 0 Å². The summed E-state index contributed by atoms with van der Waals surface area (Å²) in [5.41, 5.74) is 2.08. The van der Waals surface area contributed by atoms with Gasteiger partial charge in [-0.2, -0.15) is 0 Å². The van der Waals surface area contributed by atoms with Crippen LogP contribution in [0, 0.1) is 17.3 Å². The van der Waals surface area contributed by atoms with E-state index in [2.05, 4.69) is 6.92 Å². The topological polar surface area (TPSA) is 157 Å². The van der Waals surface area contributed by atoms with Gasteiger partial charge in [0.25, 0.3) is 0 Å². The van der Waals surface area contributed by atoms with Crippen molar-refractivity contribution in [2.45, 2.75) is 87.9 Å². The number of aliphatic hydroxyl groups excluding tert-OH is 5. The molecular weight excluding hydrogens is 455 g/mol. The van der Waals surface area contributed by atoms with Gasteiger partial charge in [-0.1, -0.05) is 13.0 Å². The van der Waals surface area contributed by atoms with Gasteiger partial charge in [0.05, 0.1) is 12.2 Å². The molecule has 1 aliphatic heterocycles. The zero-order valence-electron chi connectivity index (χ0n) is 19.4. The fourth-order valence-corrected chi connectivity index (χ4v) is 6.90. The predicted octanol–water partition coefficient (Wildman–Crippen LogP) is -0.235. The average Bonchev–Trinajstić information content (AvgIpc) is 3.02. The maximum atomic E-state index is 11.3. The number of aliphatic hydroxyl groups is 5.